The SMILES string of the molecule is COc1ccc2c3c1O[C@H]1[C@H](N(C)C(=O)/C=C\c4ccccn4)CC[C@@]4(O)[C@@H](C2)N(S(=O)(=O)c2ccccc2N(C)C)CCC[C@]314. The molecule has 1 amide bonds. The van der Waals surface area contributed by atoms with Crippen molar-refractivity contribution in [3.63, 3.8) is 0 Å². The molecule has 1 saturated heterocycles. The van der Waals surface area contributed by atoms with Crippen LogP contribution in [0.4, 0.5) is 5.69 Å². The number of hydrogen-bond donors (Lipinski definition) is 1. The number of aromatic nitrogens is 1. The molecule has 46 heavy (non-hydrogen) atoms. The molecule has 0 radical (unpaired) electrons. The fourth-order valence-electron chi connectivity index (χ4n) is 8.63. The topological polar surface area (TPSA) is 113 Å². The second-order valence-corrected chi connectivity index (χ2v) is 14.9. The van der Waals surface area contributed by atoms with Gasteiger partial charge in [0, 0.05) is 45.5 Å². The van der Waals surface area contributed by atoms with Crippen LogP contribution in [0.5, 0.6) is 11.5 Å². The number of ether oxygens (including phenoxy) is 2. The van der Waals surface area contributed by atoms with E-state index in [1.807, 2.05) is 50.5 Å². The predicted molar refractivity (Wildman–Crippen MR) is 174 cm³/mol. The van der Waals surface area contributed by atoms with Crippen molar-refractivity contribution in [2.75, 3.05) is 39.7 Å². The van der Waals surface area contributed by atoms with Gasteiger partial charge in [-0.25, -0.2) is 8.42 Å². The highest BCUT2D eigenvalue weighted by molar-refractivity contribution is 7.89. The minimum atomic E-state index is -4.01. The number of para-hydroxylation sites is 1. The molecular formula is C35H40N4O6S. The molecule has 1 saturated carbocycles. The third-order valence-corrected chi connectivity index (χ3v) is 12.6. The fraction of sp³-hybridized carbons (Fsp3) is 0.429. The molecule has 5 atom stereocenters. The van der Waals surface area contributed by atoms with Crippen LogP contribution in [-0.4, -0.2) is 92.2 Å². The predicted octanol–water partition coefficient (Wildman–Crippen LogP) is 3.63. The number of pyridine rings is 1. The van der Waals surface area contributed by atoms with E-state index in [1.165, 1.54) is 6.08 Å². The first-order chi connectivity index (χ1) is 22.0. The number of methoxy groups -OCH3 is 1. The van der Waals surface area contributed by atoms with Gasteiger partial charge in [0.05, 0.1) is 41.6 Å². The first-order valence-electron chi connectivity index (χ1n) is 15.8. The molecule has 7 rings (SSSR count). The number of hydrogen-bond acceptors (Lipinski definition) is 8. The average Bonchev–Trinajstić information content (AvgIpc) is 3.39. The Kier molecular flexibility index (Phi) is 7.41. The van der Waals surface area contributed by atoms with Gasteiger partial charge in [0.2, 0.25) is 15.9 Å². The van der Waals surface area contributed by atoms with E-state index in [-0.39, 0.29) is 23.4 Å². The number of likely N-dealkylation sites (N-methyl/N-ethyl adjacent to an activating group) is 1. The Balaban J connectivity index is 1.33. The van der Waals surface area contributed by atoms with Crippen LogP contribution < -0.4 is 14.4 Å². The lowest BCUT2D eigenvalue weighted by Gasteiger charge is -2.59. The summed E-state index contributed by atoms with van der Waals surface area (Å²) in [6.45, 7) is 0.262. The molecule has 10 nitrogen and oxygen atoms in total. The number of amides is 1. The lowest BCUT2D eigenvalue weighted by Crippen LogP contribution is -2.74. The van der Waals surface area contributed by atoms with Crippen molar-refractivity contribution in [1.82, 2.24) is 14.2 Å². The number of carbonyl (C=O) groups is 1. The molecule has 2 aromatic carbocycles. The number of benzene rings is 2. The van der Waals surface area contributed by atoms with E-state index >= 15 is 0 Å². The molecule has 3 heterocycles. The van der Waals surface area contributed by atoms with E-state index in [9.17, 15) is 18.3 Å². The first-order valence-corrected chi connectivity index (χ1v) is 17.2. The summed E-state index contributed by atoms with van der Waals surface area (Å²) < 4.78 is 43.4. The Labute approximate surface area is 270 Å². The van der Waals surface area contributed by atoms with Crippen molar-refractivity contribution in [3.8, 4) is 11.5 Å². The van der Waals surface area contributed by atoms with Gasteiger partial charge in [-0.2, -0.15) is 4.31 Å². The molecule has 0 unspecified atom stereocenters. The number of carbonyl (C=O) groups excluding carboxylic acids is 1. The van der Waals surface area contributed by atoms with Crippen LogP contribution >= 0.6 is 0 Å². The average molecular weight is 645 g/mol. The number of aliphatic hydroxyl groups is 1. The van der Waals surface area contributed by atoms with Crippen molar-refractivity contribution < 1.29 is 27.8 Å². The van der Waals surface area contributed by atoms with Gasteiger partial charge in [0.1, 0.15) is 11.0 Å². The van der Waals surface area contributed by atoms with Crippen LogP contribution in [0, 0.1) is 0 Å². The van der Waals surface area contributed by atoms with Gasteiger partial charge >= 0.3 is 0 Å². The largest absolute Gasteiger partial charge is 0.493 e. The Bertz CT molecular complexity index is 1810. The van der Waals surface area contributed by atoms with Gasteiger partial charge < -0.3 is 24.4 Å². The Hall–Kier alpha value is -3.93. The lowest BCUT2D eigenvalue weighted by molar-refractivity contribution is -0.164. The maximum atomic E-state index is 14.6. The third-order valence-electron chi connectivity index (χ3n) is 10.7. The van der Waals surface area contributed by atoms with Gasteiger partial charge in [0.15, 0.2) is 11.5 Å². The molecule has 4 aliphatic rings. The summed E-state index contributed by atoms with van der Waals surface area (Å²) in [4.78, 5) is 21.6. The second-order valence-electron chi connectivity index (χ2n) is 13.0. The zero-order valence-electron chi connectivity index (χ0n) is 26.6. The standard InChI is InChI=1S/C35H40N4O6S/c1-37(2)25-11-5-6-12-28(25)46(42,43)39-21-9-18-34-31-23-13-15-27(44-4)32(31)45-33(34)26(17-19-35(34,41)29(39)22-23)38(3)30(40)16-14-24-10-7-8-20-36-24/h5-8,10-16,20,26,29,33,41H,9,17-19,21-22H2,1-4H3/b16-14-/t26-,29-,33+,34+,35-/m1/s1. The highest BCUT2D eigenvalue weighted by Gasteiger charge is 2.73. The van der Waals surface area contributed by atoms with Gasteiger partial charge in [-0.3, -0.25) is 9.78 Å². The highest BCUT2D eigenvalue weighted by Crippen LogP contribution is 2.66. The van der Waals surface area contributed by atoms with Gasteiger partial charge in [-0.1, -0.05) is 24.3 Å². The summed E-state index contributed by atoms with van der Waals surface area (Å²) >= 11 is 0. The number of nitrogens with zero attached hydrogens (tertiary/aromatic N) is 4. The monoisotopic (exact) mass is 644 g/mol. The summed E-state index contributed by atoms with van der Waals surface area (Å²) in [5, 5.41) is 13.1. The molecule has 2 bridgehead atoms. The lowest BCUT2D eigenvalue weighted by atomic mass is 9.50. The molecule has 242 valence electrons. The van der Waals surface area contributed by atoms with E-state index in [4.69, 9.17) is 9.47 Å². The van der Waals surface area contributed by atoms with Crippen molar-refractivity contribution >= 4 is 27.7 Å². The summed E-state index contributed by atoms with van der Waals surface area (Å²) in [5.41, 5.74) is 0.738. The summed E-state index contributed by atoms with van der Waals surface area (Å²) in [5.74, 6) is 0.961. The zero-order chi connectivity index (χ0) is 32.4. The van der Waals surface area contributed by atoms with Crippen molar-refractivity contribution in [1.29, 1.82) is 0 Å². The van der Waals surface area contributed by atoms with E-state index in [0.29, 0.717) is 55.0 Å². The molecular weight excluding hydrogens is 604 g/mol. The van der Waals surface area contributed by atoms with Crippen LogP contribution in [0.25, 0.3) is 6.08 Å². The maximum Gasteiger partial charge on any atom is 0.246 e. The van der Waals surface area contributed by atoms with Gasteiger partial charge in [-0.15, -0.1) is 0 Å². The molecule has 2 aliphatic carbocycles. The normalized spacial score (nSPS) is 28.2. The molecule has 2 aliphatic heterocycles. The first kappa shape index (κ1) is 30.7. The van der Waals surface area contributed by atoms with E-state index < -0.39 is 33.2 Å². The Morgan fingerprint density at radius 1 is 1.11 bits per heavy atom. The Morgan fingerprint density at radius 3 is 2.63 bits per heavy atom. The molecule has 1 spiro atoms. The van der Waals surface area contributed by atoms with Crippen LogP contribution in [0.2, 0.25) is 0 Å². The smallest absolute Gasteiger partial charge is 0.246 e. The minimum Gasteiger partial charge on any atom is -0.493 e. The second kappa shape index (κ2) is 11.1. The minimum absolute atomic E-state index is 0.199. The molecule has 3 aromatic rings. The van der Waals surface area contributed by atoms with Crippen LogP contribution in [0.1, 0.15) is 42.5 Å². The number of rotatable bonds is 7. The number of sulfonamides is 1. The third kappa shape index (κ3) is 4.31. The fourth-order valence-corrected chi connectivity index (χ4v) is 10.6. The van der Waals surface area contributed by atoms with E-state index in [0.717, 1.165) is 11.1 Å². The number of anilines is 1. The molecule has 1 N–H and O–H groups in total. The molecule has 2 fully saturated rings. The van der Waals surface area contributed by atoms with Crippen molar-refractivity contribution in [2.24, 2.45) is 0 Å². The van der Waals surface area contributed by atoms with Crippen LogP contribution in [0.3, 0.4) is 0 Å². The summed E-state index contributed by atoms with van der Waals surface area (Å²) in [7, 11) is 3.02. The van der Waals surface area contributed by atoms with Crippen LogP contribution in [-0.2, 0) is 26.7 Å². The highest BCUT2D eigenvalue weighted by atomic mass is 32.2. The quantitative estimate of drug-likeness (QED) is 0.389. The van der Waals surface area contributed by atoms with Gasteiger partial charge in [-0.05, 0) is 74.1 Å². The van der Waals surface area contributed by atoms with Gasteiger partial charge in [0.25, 0.3) is 0 Å². The zero-order valence-corrected chi connectivity index (χ0v) is 27.4. The summed E-state index contributed by atoms with van der Waals surface area (Å²) in [6.07, 6.45) is 6.39. The van der Waals surface area contributed by atoms with E-state index in [1.54, 1.807) is 58.7 Å². The maximum absolute atomic E-state index is 14.6. The van der Waals surface area contributed by atoms with Crippen molar-refractivity contribution in [3.05, 3.63) is 83.7 Å². The molecule has 1 aromatic heterocycles. The molecule has 11 heteroatoms. The van der Waals surface area contributed by atoms with E-state index in [2.05, 4.69) is 4.98 Å². The van der Waals surface area contributed by atoms with Crippen molar-refractivity contribution in [2.45, 2.75) is 66.2 Å². The van der Waals surface area contributed by atoms with Crippen LogP contribution in [0.15, 0.2) is 71.8 Å². The summed E-state index contributed by atoms with van der Waals surface area (Å²) in [6, 6.07) is 15.3. The Morgan fingerprint density at radius 2 is 1.89 bits per heavy atom.